The van der Waals surface area contributed by atoms with E-state index >= 15 is 0 Å². The predicted molar refractivity (Wildman–Crippen MR) is 73.7 cm³/mol. The van der Waals surface area contributed by atoms with Crippen LogP contribution in [0.4, 0.5) is 13.2 Å². The van der Waals surface area contributed by atoms with E-state index in [0.29, 0.717) is 9.58 Å². The van der Waals surface area contributed by atoms with Crippen molar-refractivity contribution in [1.29, 1.82) is 0 Å². The predicted octanol–water partition coefficient (Wildman–Crippen LogP) is 6.03. The highest BCUT2D eigenvalue weighted by molar-refractivity contribution is 7.38. The number of halogens is 3. The first kappa shape index (κ1) is 13.0. The van der Waals surface area contributed by atoms with Crippen LogP contribution in [0.2, 0.25) is 0 Å². The fourth-order valence-corrected chi connectivity index (χ4v) is 5.28. The molecule has 1 heterocycles. The van der Waals surface area contributed by atoms with Gasteiger partial charge in [0.25, 0.3) is 0 Å². The molecule has 0 amide bonds. The van der Waals surface area contributed by atoms with Gasteiger partial charge in [-0.25, -0.2) is 0 Å². The third-order valence-electron chi connectivity index (χ3n) is 3.91. The van der Waals surface area contributed by atoms with Crippen LogP contribution in [0, 0.1) is 6.92 Å². The van der Waals surface area contributed by atoms with Crippen LogP contribution >= 0.6 is 10.5 Å². The van der Waals surface area contributed by atoms with Crippen LogP contribution in [0.25, 0.3) is 10.1 Å². The maximum Gasteiger partial charge on any atom is 0.600 e. The number of rotatable bonds is 1. The fourth-order valence-electron chi connectivity index (χ4n) is 3.03. The summed E-state index contributed by atoms with van der Waals surface area (Å²) in [6.45, 7) is 1.85. The Bertz CT molecular complexity index is 604. The third-order valence-corrected chi connectivity index (χ3v) is 6.09. The number of fused-ring (bicyclic) bond motifs is 1. The van der Waals surface area contributed by atoms with Gasteiger partial charge >= 0.3 is 5.51 Å². The van der Waals surface area contributed by atoms with Gasteiger partial charge in [-0.05, 0) is 31.4 Å². The Morgan fingerprint density at radius 3 is 2.42 bits per heavy atom. The minimum Gasteiger partial charge on any atom is -0.118 e. The van der Waals surface area contributed by atoms with Crippen molar-refractivity contribution < 1.29 is 13.2 Å². The first-order chi connectivity index (χ1) is 8.97. The highest BCUT2D eigenvalue weighted by atomic mass is 32.2. The van der Waals surface area contributed by atoms with E-state index in [-0.39, 0.29) is 5.92 Å². The van der Waals surface area contributed by atoms with E-state index in [9.17, 15) is 13.2 Å². The fraction of sp³-hybridized carbons (Fsp3) is 0.467. The van der Waals surface area contributed by atoms with E-state index in [1.807, 2.05) is 19.1 Å². The van der Waals surface area contributed by atoms with Crippen LogP contribution in [-0.4, -0.2) is 0 Å². The Hall–Kier alpha value is -1.03. The Labute approximate surface area is 113 Å². The number of alkyl halides is 3. The molecule has 0 bridgehead atoms. The van der Waals surface area contributed by atoms with Crippen molar-refractivity contribution in [3.8, 4) is 0 Å². The lowest BCUT2D eigenvalue weighted by Gasteiger charge is -2.05. The van der Waals surface area contributed by atoms with Gasteiger partial charge in [-0.3, -0.25) is 0 Å². The molecule has 0 N–H and O–H groups in total. The monoisotopic (exact) mass is 285 g/mol. The SMILES string of the molecule is Cc1ccc2cc(C3CCCC3)[s+](C(F)(F)F)c2c1. The molecule has 1 unspecified atom stereocenters. The summed E-state index contributed by atoms with van der Waals surface area (Å²) in [6.07, 6.45) is 3.95. The zero-order valence-electron chi connectivity index (χ0n) is 10.8. The largest absolute Gasteiger partial charge is 0.600 e. The molecule has 0 radical (unpaired) electrons. The molecule has 1 aliphatic rings. The van der Waals surface area contributed by atoms with Crippen molar-refractivity contribution in [1.82, 2.24) is 0 Å². The quantitative estimate of drug-likeness (QED) is 0.561. The van der Waals surface area contributed by atoms with E-state index in [1.165, 1.54) is 0 Å². The standard InChI is InChI=1S/C15H16F3S/c1-10-6-7-12-9-14(11-4-2-3-5-11)19(13(12)8-10)15(16,17)18/h6-9,11H,2-5H2,1H3/q+1. The molecule has 1 aromatic heterocycles. The first-order valence-electron chi connectivity index (χ1n) is 6.60. The zero-order valence-corrected chi connectivity index (χ0v) is 11.6. The van der Waals surface area contributed by atoms with E-state index in [2.05, 4.69) is 0 Å². The van der Waals surface area contributed by atoms with Gasteiger partial charge in [-0.2, -0.15) is 0 Å². The molecule has 1 aromatic carbocycles. The highest BCUT2D eigenvalue weighted by Gasteiger charge is 2.49. The minimum absolute atomic E-state index is 0.137. The maximum absolute atomic E-state index is 13.4. The Kier molecular flexibility index (Phi) is 3.08. The molecule has 0 spiro atoms. The molecule has 1 aliphatic carbocycles. The smallest absolute Gasteiger partial charge is 0.118 e. The van der Waals surface area contributed by atoms with Crippen molar-refractivity contribution in [2.24, 2.45) is 0 Å². The van der Waals surface area contributed by atoms with Crippen molar-refractivity contribution in [2.75, 3.05) is 0 Å². The lowest BCUT2D eigenvalue weighted by Crippen LogP contribution is -2.00. The Balaban J connectivity index is 2.25. The summed E-state index contributed by atoms with van der Waals surface area (Å²) in [5, 5.41) is 0.771. The van der Waals surface area contributed by atoms with Crippen LogP contribution in [0.1, 0.15) is 42.0 Å². The molecule has 1 fully saturated rings. The highest BCUT2D eigenvalue weighted by Crippen LogP contribution is 2.55. The summed E-state index contributed by atoms with van der Waals surface area (Å²) in [5.74, 6) is 0.137. The second-order valence-corrected chi connectivity index (χ2v) is 7.31. The first-order valence-corrected chi connectivity index (χ1v) is 7.82. The Morgan fingerprint density at radius 2 is 1.79 bits per heavy atom. The minimum atomic E-state index is -4.15. The number of aryl methyl sites for hydroxylation is 1. The van der Waals surface area contributed by atoms with Gasteiger partial charge in [-0.15, -0.1) is 13.2 Å². The van der Waals surface area contributed by atoms with Crippen LogP contribution in [0.15, 0.2) is 24.3 Å². The topological polar surface area (TPSA) is 0 Å². The van der Waals surface area contributed by atoms with Gasteiger partial charge in [0.05, 0.1) is 10.5 Å². The molecule has 0 saturated heterocycles. The molecule has 1 saturated carbocycles. The van der Waals surface area contributed by atoms with Crippen LogP contribution in [0.5, 0.6) is 0 Å². The third kappa shape index (κ3) is 2.27. The number of hydrogen-bond donors (Lipinski definition) is 0. The number of benzene rings is 1. The molecule has 1 atom stereocenters. The molecule has 0 aliphatic heterocycles. The van der Waals surface area contributed by atoms with Crippen molar-refractivity contribution in [3.05, 3.63) is 34.7 Å². The summed E-state index contributed by atoms with van der Waals surface area (Å²) in [7, 11) is -1.70. The molecule has 102 valence electrons. The van der Waals surface area contributed by atoms with Crippen LogP contribution in [0.3, 0.4) is 0 Å². The van der Waals surface area contributed by atoms with Crippen LogP contribution in [-0.2, 0) is 5.51 Å². The van der Waals surface area contributed by atoms with Gasteiger partial charge in [-0.1, -0.05) is 18.9 Å². The molecular formula is C15H16F3S+. The average Bonchev–Trinajstić information content (AvgIpc) is 2.92. The molecule has 0 nitrogen and oxygen atoms in total. The second-order valence-electron chi connectivity index (χ2n) is 5.32. The molecule has 4 heteroatoms. The molecular weight excluding hydrogens is 269 g/mol. The molecule has 3 rings (SSSR count). The lowest BCUT2D eigenvalue weighted by atomic mass is 10.1. The van der Waals surface area contributed by atoms with Gasteiger partial charge in [0.15, 0.2) is 9.58 Å². The summed E-state index contributed by atoms with van der Waals surface area (Å²) >= 11 is 0. The van der Waals surface area contributed by atoms with Gasteiger partial charge < -0.3 is 0 Å². The molecule has 2 aromatic rings. The lowest BCUT2D eigenvalue weighted by molar-refractivity contribution is -0.0868. The summed E-state index contributed by atoms with van der Waals surface area (Å²) in [6, 6.07) is 7.24. The molecule has 19 heavy (non-hydrogen) atoms. The van der Waals surface area contributed by atoms with E-state index in [4.69, 9.17) is 0 Å². The van der Waals surface area contributed by atoms with Gasteiger partial charge in [0, 0.05) is 23.4 Å². The Morgan fingerprint density at radius 1 is 1.11 bits per heavy atom. The summed E-state index contributed by atoms with van der Waals surface area (Å²) in [4.78, 5) is 0.630. The normalized spacial score (nSPS) is 18.4. The zero-order chi connectivity index (χ0) is 13.6. The van der Waals surface area contributed by atoms with Gasteiger partial charge in [0.1, 0.15) is 0 Å². The second kappa shape index (κ2) is 4.51. The summed E-state index contributed by atoms with van der Waals surface area (Å²) in [5.41, 5.74) is -3.24. The van der Waals surface area contributed by atoms with Crippen molar-refractivity contribution in [2.45, 2.75) is 44.0 Å². The maximum atomic E-state index is 13.4. The van der Waals surface area contributed by atoms with Crippen molar-refractivity contribution >= 4 is 20.6 Å². The number of thiophene rings is 1. The average molecular weight is 285 g/mol. The summed E-state index contributed by atoms with van der Waals surface area (Å²) < 4.78 is 40.8. The number of hydrogen-bond acceptors (Lipinski definition) is 0. The van der Waals surface area contributed by atoms with E-state index < -0.39 is 16.0 Å². The van der Waals surface area contributed by atoms with Crippen LogP contribution < -0.4 is 0 Å². The van der Waals surface area contributed by atoms with Crippen molar-refractivity contribution in [3.63, 3.8) is 0 Å². The van der Waals surface area contributed by atoms with Gasteiger partial charge in [0.2, 0.25) is 0 Å². The van der Waals surface area contributed by atoms with E-state index in [0.717, 1.165) is 36.6 Å². The van der Waals surface area contributed by atoms with E-state index in [1.54, 1.807) is 12.1 Å².